The number of aromatic hydroxyl groups is 1. The summed E-state index contributed by atoms with van der Waals surface area (Å²) < 4.78 is 15.6. The Kier molecular flexibility index (Phi) is 3.99. The van der Waals surface area contributed by atoms with Crippen LogP contribution >= 0.6 is 0 Å². The van der Waals surface area contributed by atoms with E-state index in [1.165, 1.54) is 27.4 Å². The van der Waals surface area contributed by atoms with Crippen LogP contribution in [0.2, 0.25) is 0 Å². The molecule has 3 aromatic rings. The molecule has 2 N–H and O–H groups in total. The van der Waals surface area contributed by atoms with Crippen molar-refractivity contribution in [3.63, 3.8) is 0 Å². The molecule has 0 radical (unpaired) electrons. The fourth-order valence-corrected chi connectivity index (χ4v) is 2.45. The minimum absolute atomic E-state index is 0.00715. The van der Waals surface area contributed by atoms with Gasteiger partial charge in [0.05, 0.1) is 26.8 Å². The number of nitrogens with zero attached hydrogens (tertiary/aromatic N) is 1. The molecule has 0 bridgehead atoms. The molecule has 7 heteroatoms. The van der Waals surface area contributed by atoms with Crippen LogP contribution in [0, 0.1) is 0 Å². The number of hydrogen-bond donors (Lipinski definition) is 2. The summed E-state index contributed by atoms with van der Waals surface area (Å²) in [4.78, 5) is 19.7. The summed E-state index contributed by atoms with van der Waals surface area (Å²) in [6, 6.07) is 8.00. The van der Waals surface area contributed by atoms with Gasteiger partial charge in [-0.1, -0.05) is 0 Å². The third-order valence-corrected chi connectivity index (χ3v) is 3.65. The number of phenols is 1. The van der Waals surface area contributed by atoms with E-state index < -0.39 is 0 Å². The minimum atomic E-state index is -0.332. The van der Waals surface area contributed by atoms with Crippen molar-refractivity contribution in [2.75, 3.05) is 21.3 Å². The van der Waals surface area contributed by atoms with E-state index in [1.807, 2.05) is 0 Å². The van der Waals surface area contributed by atoms with Crippen LogP contribution in [0.4, 0.5) is 0 Å². The molecular weight excluding hydrogens is 312 g/mol. The van der Waals surface area contributed by atoms with Gasteiger partial charge in [0.1, 0.15) is 22.7 Å². The average molecular weight is 328 g/mol. The fraction of sp³-hybridized carbons (Fsp3) is 0.176. The van der Waals surface area contributed by atoms with Crippen LogP contribution in [0.25, 0.3) is 22.3 Å². The van der Waals surface area contributed by atoms with E-state index >= 15 is 0 Å². The Balaban J connectivity index is 2.26. The van der Waals surface area contributed by atoms with Gasteiger partial charge in [-0.15, -0.1) is 0 Å². The Labute approximate surface area is 137 Å². The predicted octanol–water partition coefficient (Wildman–Crippen LogP) is 2.32. The van der Waals surface area contributed by atoms with Crippen molar-refractivity contribution in [2.45, 2.75) is 0 Å². The smallest absolute Gasteiger partial charge is 0.262 e. The topological polar surface area (TPSA) is 93.7 Å². The Hall–Kier alpha value is -3.22. The molecule has 0 saturated carbocycles. The number of ether oxygens (including phenoxy) is 3. The number of rotatable bonds is 4. The monoisotopic (exact) mass is 328 g/mol. The van der Waals surface area contributed by atoms with Crippen LogP contribution in [0.3, 0.4) is 0 Å². The first-order chi connectivity index (χ1) is 11.6. The van der Waals surface area contributed by atoms with E-state index in [1.54, 1.807) is 24.3 Å². The highest BCUT2D eigenvalue weighted by molar-refractivity contribution is 5.87. The second-order valence-corrected chi connectivity index (χ2v) is 5.02. The maximum atomic E-state index is 12.5. The van der Waals surface area contributed by atoms with E-state index in [0.717, 1.165) is 0 Å². The van der Waals surface area contributed by atoms with Crippen LogP contribution in [-0.2, 0) is 0 Å². The van der Waals surface area contributed by atoms with E-state index in [9.17, 15) is 9.90 Å². The highest BCUT2D eigenvalue weighted by atomic mass is 16.5. The maximum Gasteiger partial charge on any atom is 0.262 e. The molecule has 0 saturated heterocycles. The highest BCUT2D eigenvalue weighted by Gasteiger charge is 2.14. The molecule has 7 nitrogen and oxygen atoms in total. The Bertz CT molecular complexity index is 965. The van der Waals surface area contributed by atoms with Crippen molar-refractivity contribution < 1.29 is 19.3 Å². The zero-order chi connectivity index (χ0) is 17.3. The molecule has 124 valence electrons. The van der Waals surface area contributed by atoms with Gasteiger partial charge >= 0.3 is 0 Å². The summed E-state index contributed by atoms with van der Waals surface area (Å²) in [7, 11) is 4.46. The van der Waals surface area contributed by atoms with Crippen molar-refractivity contribution >= 4 is 10.9 Å². The molecule has 0 aliphatic rings. The van der Waals surface area contributed by atoms with E-state index in [-0.39, 0.29) is 11.3 Å². The van der Waals surface area contributed by atoms with Crippen LogP contribution in [0.15, 0.2) is 35.1 Å². The van der Waals surface area contributed by atoms with Gasteiger partial charge in [0.2, 0.25) is 0 Å². The number of phenolic OH excluding ortho intramolecular Hbond substituents is 1. The average Bonchev–Trinajstić information content (AvgIpc) is 2.60. The quantitative estimate of drug-likeness (QED) is 0.763. The molecule has 0 atom stereocenters. The largest absolute Gasteiger partial charge is 0.504 e. The Morgan fingerprint density at radius 1 is 1.00 bits per heavy atom. The summed E-state index contributed by atoms with van der Waals surface area (Å²) >= 11 is 0. The lowest BCUT2D eigenvalue weighted by molar-refractivity contribution is 0.373. The van der Waals surface area contributed by atoms with Crippen LogP contribution in [0.5, 0.6) is 23.0 Å². The lowest BCUT2D eigenvalue weighted by Gasteiger charge is -2.10. The number of aromatic nitrogens is 2. The standard InChI is InChI=1S/C17H16N2O5/c1-22-10-7-11-15(14(8-10)24-3)17(21)19-16(18-11)9-4-5-12(20)13(6-9)23-2/h4-8,20H,1-3H3,(H,18,19,21). The first kappa shape index (κ1) is 15.7. The van der Waals surface area contributed by atoms with Gasteiger partial charge in [0.15, 0.2) is 11.5 Å². The van der Waals surface area contributed by atoms with Gasteiger partial charge in [-0.2, -0.15) is 0 Å². The summed E-state index contributed by atoms with van der Waals surface area (Å²) in [5.74, 6) is 1.56. The lowest BCUT2D eigenvalue weighted by atomic mass is 10.1. The molecule has 0 fully saturated rings. The molecule has 0 aliphatic carbocycles. The fourth-order valence-electron chi connectivity index (χ4n) is 2.45. The van der Waals surface area contributed by atoms with Crippen molar-refractivity contribution in [2.24, 2.45) is 0 Å². The van der Waals surface area contributed by atoms with Crippen molar-refractivity contribution in [1.82, 2.24) is 9.97 Å². The molecule has 2 aromatic carbocycles. The first-order valence-electron chi connectivity index (χ1n) is 7.10. The first-order valence-corrected chi connectivity index (χ1v) is 7.10. The second-order valence-electron chi connectivity index (χ2n) is 5.02. The molecule has 0 spiro atoms. The number of nitrogens with one attached hydrogen (secondary N) is 1. The summed E-state index contributed by atoms with van der Waals surface area (Å²) in [6.45, 7) is 0. The van der Waals surface area contributed by atoms with Gasteiger partial charge in [-0.25, -0.2) is 4.98 Å². The van der Waals surface area contributed by atoms with Crippen molar-refractivity contribution in [3.05, 3.63) is 40.7 Å². The molecular formula is C17H16N2O5. The number of hydrogen-bond acceptors (Lipinski definition) is 6. The predicted molar refractivity (Wildman–Crippen MR) is 89.1 cm³/mol. The molecule has 0 amide bonds. The zero-order valence-corrected chi connectivity index (χ0v) is 13.4. The van der Waals surface area contributed by atoms with Gasteiger partial charge in [0.25, 0.3) is 5.56 Å². The van der Waals surface area contributed by atoms with Gasteiger partial charge in [-0.3, -0.25) is 4.79 Å². The number of aromatic amines is 1. The lowest BCUT2D eigenvalue weighted by Crippen LogP contribution is -2.11. The summed E-state index contributed by atoms with van der Waals surface area (Å²) in [6.07, 6.45) is 0. The molecule has 0 aliphatic heterocycles. The van der Waals surface area contributed by atoms with Gasteiger partial charge in [0, 0.05) is 17.7 Å². The SMILES string of the molecule is COc1cc(OC)c2c(=O)[nH]c(-c3ccc(O)c(OC)c3)nc2c1. The molecule has 0 unspecified atom stereocenters. The van der Waals surface area contributed by atoms with Gasteiger partial charge < -0.3 is 24.3 Å². The van der Waals surface area contributed by atoms with Crippen LogP contribution in [0.1, 0.15) is 0 Å². The number of methoxy groups -OCH3 is 3. The molecule has 24 heavy (non-hydrogen) atoms. The van der Waals surface area contributed by atoms with Crippen molar-refractivity contribution in [1.29, 1.82) is 0 Å². The van der Waals surface area contributed by atoms with E-state index in [4.69, 9.17) is 14.2 Å². The number of H-pyrrole nitrogens is 1. The second kappa shape index (κ2) is 6.11. The Morgan fingerprint density at radius 3 is 2.42 bits per heavy atom. The molecule has 1 aromatic heterocycles. The Morgan fingerprint density at radius 2 is 1.75 bits per heavy atom. The van der Waals surface area contributed by atoms with Crippen LogP contribution in [-0.4, -0.2) is 36.4 Å². The normalized spacial score (nSPS) is 10.6. The summed E-state index contributed by atoms with van der Waals surface area (Å²) in [5.41, 5.74) is 0.712. The van der Waals surface area contributed by atoms with Gasteiger partial charge in [-0.05, 0) is 18.2 Å². The maximum absolute atomic E-state index is 12.5. The molecule has 3 rings (SSSR count). The number of fused-ring (bicyclic) bond motifs is 1. The third kappa shape index (κ3) is 2.60. The van der Waals surface area contributed by atoms with E-state index in [2.05, 4.69) is 9.97 Å². The molecule has 1 heterocycles. The van der Waals surface area contributed by atoms with Crippen molar-refractivity contribution in [3.8, 4) is 34.4 Å². The minimum Gasteiger partial charge on any atom is -0.504 e. The number of benzene rings is 2. The third-order valence-electron chi connectivity index (χ3n) is 3.65. The van der Waals surface area contributed by atoms with Crippen LogP contribution < -0.4 is 19.8 Å². The zero-order valence-electron chi connectivity index (χ0n) is 13.4. The summed E-state index contributed by atoms with van der Waals surface area (Å²) in [5, 5.41) is 10.0. The van der Waals surface area contributed by atoms with E-state index in [0.29, 0.717) is 39.5 Å². The highest BCUT2D eigenvalue weighted by Crippen LogP contribution is 2.32.